The summed E-state index contributed by atoms with van der Waals surface area (Å²) in [6.45, 7) is 0. The van der Waals surface area contributed by atoms with Crippen LogP contribution in [0.2, 0.25) is 0 Å². The van der Waals surface area contributed by atoms with Crippen molar-refractivity contribution in [3.05, 3.63) is 0 Å². The second-order valence-electron chi connectivity index (χ2n) is 1.28. The van der Waals surface area contributed by atoms with E-state index in [1.54, 1.807) is 0 Å². The molecule has 0 aromatic heterocycles. The first kappa shape index (κ1) is 12.5. The fraction of sp³-hybridized carbons (Fsp3) is 1.00. The zero-order chi connectivity index (χ0) is 9.00. The van der Waals surface area contributed by atoms with E-state index in [1.165, 1.54) is 0 Å². The van der Waals surface area contributed by atoms with Crippen molar-refractivity contribution in [3.63, 3.8) is 0 Å². The Morgan fingerprint density at radius 1 is 1.10 bits per heavy atom. The van der Waals surface area contributed by atoms with Gasteiger partial charge in [0, 0.05) is 0 Å². The lowest BCUT2D eigenvalue weighted by Crippen LogP contribution is -2.07. The molecule has 64 valence electrons. The van der Waals surface area contributed by atoms with Crippen LogP contribution < -0.4 is 5.14 Å². The predicted molar refractivity (Wildman–Crippen MR) is 33.2 cm³/mol. The average Bonchev–Trinajstić information content (AvgIpc) is 1.12. The Morgan fingerprint density at radius 2 is 1.10 bits per heavy atom. The van der Waals surface area contributed by atoms with Crippen molar-refractivity contribution in [1.29, 1.82) is 0 Å². The van der Waals surface area contributed by atoms with Crippen LogP contribution >= 0.6 is 0 Å². The Balaban J connectivity index is 0. The predicted octanol–water partition coefficient (Wildman–Crippen LogP) is -1.75. The second kappa shape index (κ2) is 3.83. The molecule has 0 rings (SSSR count). The molecule has 0 saturated carbocycles. The molecule has 0 bridgehead atoms. The molecule has 0 aliphatic heterocycles. The average molecular weight is 193 g/mol. The number of primary sulfonamides is 1. The van der Waals surface area contributed by atoms with Gasteiger partial charge in [-0.25, -0.2) is 13.6 Å². The molecule has 0 saturated heterocycles. The van der Waals surface area contributed by atoms with Gasteiger partial charge >= 0.3 is 10.4 Å². The summed E-state index contributed by atoms with van der Waals surface area (Å²) in [5.74, 6) is 0. The molecule has 10 heavy (non-hydrogen) atoms. The van der Waals surface area contributed by atoms with Crippen LogP contribution in [0.15, 0.2) is 0 Å². The van der Waals surface area contributed by atoms with Crippen LogP contribution in [0, 0.1) is 0 Å². The van der Waals surface area contributed by atoms with Crippen molar-refractivity contribution in [3.8, 4) is 0 Å². The maximum atomic E-state index is 9.41. The van der Waals surface area contributed by atoms with Gasteiger partial charge in [0.05, 0.1) is 6.26 Å². The first-order valence-corrected chi connectivity index (χ1v) is 5.03. The SMILES string of the molecule is CS(N)(=O)=O.O=S(=O)(O)O. The van der Waals surface area contributed by atoms with E-state index >= 15 is 0 Å². The van der Waals surface area contributed by atoms with E-state index < -0.39 is 20.4 Å². The normalized spacial score (nSPS) is 11.6. The topological polar surface area (TPSA) is 135 Å². The molecule has 0 aromatic rings. The van der Waals surface area contributed by atoms with Gasteiger partial charge in [-0.05, 0) is 0 Å². The lowest BCUT2D eigenvalue weighted by Gasteiger charge is -1.71. The van der Waals surface area contributed by atoms with Crippen LogP contribution in [0.4, 0.5) is 0 Å². The summed E-state index contributed by atoms with van der Waals surface area (Å²) in [4.78, 5) is 0. The lowest BCUT2D eigenvalue weighted by molar-refractivity contribution is 0.381. The molecule has 4 N–H and O–H groups in total. The molecule has 0 amide bonds. The minimum atomic E-state index is -4.67. The van der Waals surface area contributed by atoms with Crippen LogP contribution in [-0.2, 0) is 20.4 Å². The Morgan fingerprint density at radius 3 is 1.10 bits per heavy atom. The summed E-state index contributed by atoms with van der Waals surface area (Å²) in [7, 11) is -7.83. The van der Waals surface area contributed by atoms with Crippen LogP contribution in [0.25, 0.3) is 0 Å². The largest absolute Gasteiger partial charge is 0.394 e. The molecule has 0 aliphatic carbocycles. The maximum Gasteiger partial charge on any atom is 0.394 e. The van der Waals surface area contributed by atoms with Gasteiger partial charge in [-0.15, -0.1) is 0 Å². The molecular weight excluding hydrogens is 186 g/mol. The third-order valence-electron chi connectivity index (χ3n) is 0. The number of nitrogens with two attached hydrogens (primary N) is 1. The molecule has 7 nitrogen and oxygen atoms in total. The molecule has 0 fully saturated rings. The highest BCUT2D eigenvalue weighted by atomic mass is 32.3. The van der Waals surface area contributed by atoms with Gasteiger partial charge in [0.2, 0.25) is 10.0 Å². The van der Waals surface area contributed by atoms with E-state index in [0.717, 1.165) is 6.26 Å². The van der Waals surface area contributed by atoms with E-state index in [4.69, 9.17) is 17.5 Å². The molecule has 9 heteroatoms. The van der Waals surface area contributed by atoms with Gasteiger partial charge in [0.15, 0.2) is 0 Å². The fourth-order valence-corrected chi connectivity index (χ4v) is 0. The summed E-state index contributed by atoms with van der Waals surface area (Å²) in [6, 6.07) is 0. The van der Waals surface area contributed by atoms with Gasteiger partial charge in [-0.2, -0.15) is 8.42 Å². The van der Waals surface area contributed by atoms with Gasteiger partial charge in [0.25, 0.3) is 0 Å². The standard InChI is InChI=1S/CH5NO2S.H2O4S/c2*1-5(2,3)4/h1H3,(H2,2,3,4);(H2,1,2,3,4). The fourth-order valence-electron chi connectivity index (χ4n) is 0. The van der Waals surface area contributed by atoms with E-state index in [-0.39, 0.29) is 0 Å². The number of hydrogen-bond donors (Lipinski definition) is 3. The quantitative estimate of drug-likeness (QED) is 0.390. The third-order valence-corrected chi connectivity index (χ3v) is 0. The first-order chi connectivity index (χ1) is 4.00. The zero-order valence-electron chi connectivity index (χ0n) is 4.92. The van der Waals surface area contributed by atoms with Gasteiger partial charge in [-0.1, -0.05) is 0 Å². The van der Waals surface area contributed by atoms with Gasteiger partial charge in [0.1, 0.15) is 0 Å². The summed E-state index contributed by atoms with van der Waals surface area (Å²) in [6.07, 6.45) is 0.938. The summed E-state index contributed by atoms with van der Waals surface area (Å²) >= 11 is 0. The molecule has 0 heterocycles. The van der Waals surface area contributed by atoms with Crippen LogP contribution in [0.1, 0.15) is 0 Å². The van der Waals surface area contributed by atoms with Crippen molar-refractivity contribution in [2.75, 3.05) is 6.26 Å². The number of sulfonamides is 1. The van der Waals surface area contributed by atoms with Crippen molar-refractivity contribution >= 4 is 20.4 Å². The van der Waals surface area contributed by atoms with Crippen LogP contribution in [0.5, 0.6) is 0 Å². The highest BCUT2D eigenvalue weighted by Gasteiger charge is 1.84. The Kier molecular flexibility index (Phi) is 4.77. The third kappa shape index (κ3) is 7390. The molecule has 0 aromatic carbocycles. The van der Waals surface area contributed by atoms with E-state index in [1.807, 2.05) is 0 Å². The first-order valence-electron chi connectivity index (χ1n) is 1.68. The lowest BCUT2D eigenvalue weighted by atomic mass is 12.0. The Labute approximate surface area is 58.5 Å². The van der Waals surface area contributed by atoms with Crippen molar-refractivity contribution in [2.24, 2.45) is 5.14 Å². The van der Waals surface area contributed by atoms with Gasteiger partial charge < -0.3 is 0 Å². The Bertz CT molecular complexity index is 212. The van der Waals surface area contributed by atoms with Crippen LogP contribution in [-0.4, -0.2) is 32.2 Å². The minimum absolute atomic E-state index is 0.938. The van der Waals surface area contributed by atoms with Crippen molar-refractivity contribution in [2.45, 2.75) is 0 Å². The van der Waals surface area contributed by atoms with Crippen LogP contribution in [0.3, 0.4) is 0 Å². The molecule has 0 spiro atoms. The monoisotopic (exact) mass is 193 g/mol. The van der Waals surface area contributed by atoms with E-state index in [2.05, 4.69) is 5.14 Å². The summed E-state index contributed by atoms with van der Waals surface area (Å²) in [5, 5.41) is 4.33. The zero-order valence-corrected chi connectivity index (χ0v) is 6.55. The molecule has 0 atom stereocenters. The summed E-state index contributed by atoms with van der Waals surface area (Å²) in [5.41, 5.74) is 0. The number of rotatable bonds is 0. The van der Waals surface area contributed by atoms with E-state index in [9.17, 15) is 8.42 Å². The maximum absolute atomic E-state index is 9.41. The highest BCUT2D eigenvalue weighted by molar-refractivity contribution is 7.88. The van der Waals surface area contributed by atoms with E-state index in [0.29, 0.717) is 0 Å². The highest BCUT2D eigenvalue weighted by Crippen LogP contribution is 1.59. The molecule has 0 radical (unpaired) electrons. The number of hydrogen-bond acceptors (Lipinski definition) is 4. The van der Waals surface area contributed by atoms with Gasteiger partial charge in [-0.3, -0.25) is 9.11 Å². The molecule has 0 aliphatic rings. The molecular formula is CH7NO6S2. The smallest absolute Gasteiger partial charge is 0.264 e. The summed E-state index contributed by atoms with van der Waals surface area (Å²) < 4.78 is 50.4. The second-order valence-corrected chi connectivity index (χ2v) is 3.83. The van der Waals surface area contributed by atoms with Crippen molar-refractivity contribution in [1.82, 2.24) is 0 Å². The molecule has 0 unspecified atom stereocenters. The Hall–Kier alpha value is -0.220. The minimum Gasteiger partial charge on any atom is -0.264 e. The van der Waals surface area contributed by atoms with Crippen molar-refractivity contribution < 1.29 is 25.9 Å².